The molecule has 24 heavy (non-hydrogen) atoms. The summed E-state index contributed by atoms with van der Waals surface area (Å²) in [6.07, 6.45) is 0.529. The average molecular weight is 344 g/mol. The van der Waals surface area contributed by atoms with E-state index in [0.29, 0.717) is 16.6 Å². The van der Waals surface area contributed by atoms with E-state index in [-0.39, 0.29) is 24.5 Å². The number of ether oxygens (including phenoxy) is 1. The van der Waals surface area contributed by atoms with E-state index in [1.54, 1.807) is 0 Å². The Balaban J connectivity index is 2.04. The first-order valence-corrected chi connectivity index (χ1v) is 8.36. The Bertz CT molecular complexity index is 985. The van der Waals surface area contributed by atoms with Crippen LogP contribution >= 0.6 is 11.3 Å². The minimum absolute atomic E-state index is 0.162. The minimum Gasteiger partial charge on any atom is -0.469 e. The standard InChI is InChI=1S/C17H16N2O4S/c1-23-13(20)8-5-9-19-16(21)14-12(11-6-3-2-4-7-11)10-24-15(14)18-17(19)22/h2-4,6-7,10H,5,8-9H2,1H3,(H,18,22). The summed E-state index contributed by atoms with van der Waals surface area (Å²) >= 11 is 1.34. The molecule has 3 aromatic rings. The highest BCUT2D eigenvalue weighted by Gasteiger charge is 2.15. The number of carbonyl (C=O) groups excluding carboxylic acids is 1. The number of hydrogen-bond donors (Lipinski definition) is 1. The van der Waals surface area contributed by atoms with Crippen molar-refractivity contribution in [3.63, 3.8) is 0 Å². The first kappa shape index (κ1) is 16.2. The predicted octanol–water partition coefficient (Wildman–Crippen LogP) is 2.37. The van der Waals surface area contributed by atoms with Crippen molar-refractivity contribution in [3.05, 3.63) is 56.5 Å². The molecule has 0 aliphatic carbocycles. The third kappa shape index (κ3) is 3.03. The van der Waals surface area contributed by atoms with Gasteiger partial charge in [-0.15, -0.1) is 11.3 Å². The van der Waals surface area contributed by atoms with E-state index in [9.17, 15) is 14.4 Å². The predicted molar refractivity (Wildman–Crippen MR) is 93.4 cm³/mol. The number of carbonyl (C=O) groups is 1. The van der Waals surface area contributed by atoms with Gasteiger partial charge in [-0.2, -0.15) is 0 Å². The van der Waals surface area contributed by atoms with E-state index in [1.807, 2.05) is 35.7 Å². The van der Waals surface area contributed by atoms with Gasteiger partial charge >= 0.3 is 11.7 Å². The van der Waals surface area contributed by atoms with Crippen LogP contribution in [0.5, 0.6) is 0 Å². The number of aromatic nitrogens is 2. The molecule has 1 aromatic carbocycles. The molecular weight excluding hydrogens is 328 g/mol. The molecule has 0 amide bonds. The molecule has 124 valence electrons. The van der Waals surface area contributed by atoms with Crippen molar-refractivity contribution in [1.82, 2.24) is 9.55 Å². The highest BCUT2D eigenvalue weighted by molar-refractivity contribution is 7.17. The number of aromatic amines is 1. The summed E-state index contributed by atoms with van der Waals surface area (Å²) in [7, 11) is 1.31. The van der Waals surface area contributed by atoms with Crippen LogP contribution in [0.1, 0.15) is 12.8 Å². The molecule has 2 aromatic heterocycles. The van der Waals surface area contributed by atoms with Gasteiger partial charge in [-0.05, 0) is 12.0 Å². The molecule has 0 atom stereocenters. The van der Waals surface area contributed by atoms with E-state index in [4.69, 9.17) is 0 Å². The van der Waals surface area contributed by atoms with Gasteiger partial charge in [0.25, 0.3) is 5.56 Å². The first-order valence-electron chi connectivity index (χ1n) is 7.48. The molecule has 0 bridgehead atoms. The van der Waals surface area contributed by atoms with Crippen LogP contribution in [0, 0.1) is 0 Å². The average Bonchev–Trinajstić information content (AvgIpc) is 3.02. The van der Waals surface area contributed by atoms with Gasteiger partial charge in [0.1, 0.15) is 4.83 Å². The van der Waals surface area contributed by atoms with Gasteiger partial charge in [0, 0.05) is 23.9 Å². The first-order chi connectivity index (χ1) is 11.6. The fourth-order valence-electron chi connectivity index (χ4n) is 2.57. The largest absolute Gasteiger partial charge is 0.469 e. The van der Waals surface area contributed by atoms with Crippen LogP contribution < -0.4 is 11.2 Å². The van der Waals surface area contributed by atoms with Gasteiger partial charge in [-0.25, -0.2) is 4.79 Å². The van der Waals surface area contributed by atoms with Crippen molar-refractivity contribution in [2.75, 3.05) is 7.11 Å². The van der Waals surface area contributed by atoms with Crippen molar-refractivity contribution in [3.8, 4) is 11.1 Å². The van der Waals surface area contributed by atoms with Gasteiger partial charge in [0.2, 0.25) is 0 Å². The monoisotopic (exact) mass is 344 g/mol. The summed E-state index contributed by atoms with van der Waals surface area (Å²) in [4.78, 5) is 39.4. The zero-order valence-electron chi connectivity index (χ0n) is 13.1. The Morgan fingerprint density at radius 3 is 2.71 bits per heavy atom. The third-order valence-electron chi connectivity index (χ3n) is 3.79. The fraction of sp³-hybridized carbons (Fsp3) is 0.235. The maximum absolute atomic E-state index is 12.8. The Morgan fingerprint density at radius 2 is 2.00 bits per heavy atom. The molecule has 0 spiro atoms. The number of nitrogens with zero attached hydrogens (tertiary/aromatic N) is 1. The molecule has 0 saturated heterocycles. The van der Waals surface area contributed by atoms with Crippen LogP contribution in [-0.2, 0) is 16.1 Å². The summed E-state index contributed by atoms with van der Waals surface area (Å²) in [5, 5.41) is 2.37. The Kier molecular flexibility index (Phi) is 4.61. The second kappa shape index (κ2) is 6.84. The summed E-state index contributed by atoms with van der Waals surface area (Å²) < 4.78 is 5.72. The zero-order chi connectivity index (χ0) is 17.1. The molecule has 3 rings (SSSR count). The summed E-state index contributed by atoms with van der Waals surface area (Å²) in [6.45, 7) is 0.170. The van der Waals surface area contributed by atoms with Crippen LogP contribution in [0.15, 0.2) is 45.3 Å². The molecular formula is C17H16N2O4S. The minimum atomic E-state index is -0.459. The van der Waals surface area contributed by atoms with Crippen LogP contribution in [0.4, 0.5) is 0 Å². The van der Waals surface area contributed by atoms with Gasteiger partial charge in [-0.3, -0.25) is 19.1 Å². The topological polar surface area (TPSA) is 81.2 Å². The maximum Gasteiger partial charge on any atom is 0.329 e. The van der Waals surface area contributed by atoms with Crippen LogP contribution in [-0.4, -0.2) is 22.6 Å². The maximum atomic E-state index is 12.8. The van der Waals surface area contributed by atoms with E-state index in [2.05, 4.69) is 9.72 Å². The molecule has 0 fully saturated rings. The summed E-state index contributed by atoms with van der Waals surface area (Å²) in [6, 6.07) is 9.56. The van der Waals surface area contributed by atoms with E-state index >= 15 is 0 Å². The van der Waals surface area contributed by atoms with Crippen molar-refractivity contribution in [2.45, 2.75) is 19.4 Å². The number of nitrogens with one attached hydrogen (secondary N) is 1. The molecule has 7 heteroatoms. The molecule has 2 heterocycles. The normalized spacial score (nSPS) is 10.9. The Labute approximate surface area is 141 Å². The third-order valence-corrected chi connectivity index (χ3v) is 4.69. The highest BCUT2D eigenvalue weighted by atomic mass is 32.1. The van der Waals surface area contributed by atoms with Crippen LogP contribution in [0.2, 0.25) is 0 Å². The number of methoxy groups -OCH3 is 1. The van der Waals surface area contributed by atoms with Gasteiger partial charge in [-0.1, -0.05) is 30.3 Å². The number of benzene rings is 1. The van der Waals surface area contributed by atoms with Gasteiger partial charge < -0.3 is 4.74 Å². The highest BCUT2D eigenvalue weighted by Crippen LogP contribution is 2.29. The van der Waals surface area contributed by atoms with Crippen LogP contribution in [0.25, 0.3) is 21.3 Å². The molecule has 0 radical (unpaired) electrons. The lowest BCUT2D eigenvalue weighted by Gasteiger charge is -2.05. The molecule has 0 aliphatic rings. The van der Waals surface area contributed by atoms with Crippen molar-refractivity contribution in [1.29, 1.82) is 0 Å². The molecule has 0 unspecified atom stereocenters. The van der Waals surface area contributed by atoms with Gasteiger partial charge in [0.15, 0.2) is 0 Å². The van der Waals surface area contributed by atoms with E-state index < -0.39 is 5.69 Å². The fourth-order valence-corrected chi connectivity index (χ4v) is 3.52. The smallest absolute Gasteiger partial charge is 0.329 e. The van der Waals surface area contributed by atoms with E-state index in [0.717, 1.165) is 15.7 Å². The molecule has 1 N–H and O–H groups in total. The molecule has 0 saturated carbocycles. The number of esters is 1. The van der Waals surface area contributed by atoms with Crippen molar-refractivity contribution in [2.24, 2.45) is 0 Å². The quantitative estimate of drug-likeness (QED) is 0.721. The number of thiophene rings is 1. The summed E-state index contributed by atoms with van der Waals surface area (Å²) in [5.74, 6) is -0.360. The molecule has 6 nitrogen and oxygen atoms in total. The lowest BCUT2D eigenvalue weighted by Crippen LogP contribution is -2.35. The summed E-state index contributed by atoms with van der Waals surface area (Å²) in [5.41, 5.74) is 0.935. The number of rotatable bonds is 5. The number of hydrogen-bond acceptors (Lipinski definition) is 5. The molecule has 0 aliphatic heterocycles. The number of fused-ring (bicyclic) bond motifs is 1. The van der Waals surface area contributed by atoms with E-state index in [1.165, 1.54) is 18.4 Å². The van der Waals surface area contributed by atoms with Crippen molar-refractivity contribution >= 4 is 27.5 Å². The zero-order valence-corrected chi connectivity index (χ0v) is 13.9. The second-order valence-corrected chi connectivity index (χ2v) is 6.17. The van der Waals surface area contributed by atoms with Crippen molar-refractivity contribution < 1.29 is 9.53 Å². The second-order valence-electron chi connectivity index (χ2n) is 5.29. The Hall–Kier alpha value is -2.67. The van der Waals surface area contributed by atoms with Gasteiger partial charge in [0.05, 0.1) is 12.5 Å². The SMILES string of the molecule is COC(=O)CCCn1c(=O)[nH]c2scc(-c3ccccc3)c2c1=O. The lowest BCUT2D eigenvalue weighted by molar-refractivity contribution is -0.140. The Morgan fingerprint density at radius 1 is 1.25 bits per heavy atom. The number of H-pyrrole nitrogens is 1. The van der Waals surface area contributed by atoms with Crippen LogP contribution in [0.3, 0.4) is 0 Å². The lowest BCUT2D eigenvalue weighted by atomic mass is 10.1.